The van der Waals surface area contributed by atoms with Gasteiger partial charge in [0, 0.05) is 29.7 Å². The summed E-state index contributed by atoms with van der Waals surface area (Å²) in [4.78, 5) is 88.6. The van der Waals surface area contributed by atoms with Crippen LogP contribution in [-0.2, 0) is 33.0 Å². The quantitative estimate of drug-likeness (QED) is 0.0214. The molecular formula is C16H23N5O13P2S. The van der Waals surface area contributed by atoms with E-state index in [9.17, 15) is 38.5 Å². The number of rotatable bonds is 12. The number of carbonyl (C=O) groups is 4. The van der Waals surface area contributed by atoms with Gasteiger partial charge in [-0.05, 0) is 24.8 Å². The van der Waals surface area contributed by atoms with Crippen molar-refractivity contribution in [3.63, 3.8) is 0 Å². The SMILES string of the molecule is CC(=O)OCC1=C(C(=O)O)N2C(=O)C(N=[N+]=[N-])(C(=O)NCCCCC(O)(P(=O)(O)O)P(=O)(O)O)[C@H]2SC1. The van der Waals surface area contributed by atoms with Crippen molar-refractivity contribution in [2.45, 2.75) is 42.2 Å². The summed E-state index contributed by atoms with van der Waals surface area (Å²) >= 11 is 0.886. The molecule has 1 saturated heterocycles. The van der Waals surface area contributed by atoms with Crippen LogP contribution in [0.3, 0.4) is 0 Å². The van der Waals surface area contributed by atoms with Crippen molar-refractivity contribution < 1.29 is 62.8 Å². The third-order valence-corrected chi connectivity index (χ3v) is 10.7. The predicted molar refractivity (Wildman–Crippen MR) is 122 cm³/mol. The first-order valence-corrected chi connectivity index (χ1v) is 14.4. The highest BCUT2D eigenvalue weighted by Crippen LogP contribution is 2.69. The zero-order valence-electron chi connectivity index (χ0n) is 19.0. The number of carbonyl (C=O) groups excluding carboxylic acids is 3. The van der Waals surface area contributed by atoms with E-state index in [4.69, 9.17) is 29.8 Å². The number of carboxylic acids is 1. The number of aliphatic carboxylic acids is 1. The molecule has 0 aromatic rings. The summed E-state index contributed by atoms with van der Waals surface area (Å²) in [6, 6.07) is 0. The summed E-state index contributed by atoms with van der Waals surface area (Å²) in [5, 5.41) is 20.2. The molecule has 21 heteroatoms. The standard InChI is InChI=1S/C16H23N5O13P2S/c1-8(22)34-6-9-7-37-14-16(19-20-17,13(26)21(14)10(9)11(23)24)12(25)18-5-3-2-4-15(27,35(28,29)30)36(31,32)33/h14,27H,2-7H2,1H3,(H,18,25)(H,23,24)(H2,28,29,30)(H2,31,32,33)/t14-,16?/m1/s1. The minimum Gasteiger partial charge on any atom is -0.477 e. The smallest absolute Gasteiger partial charge is 0.369 e. The van der Waals surface area contributed by atoms with Crippen LogP contribution < -0.4 is 5.32 Å². The molecule has 7 N–H and O–H groups in total. The fourth-order valence-electron chi connectivity index (χ4n) is 3.60. The number of azide groups is 1. The Morgan fingerprint density at radius 1 is 1.27 bits per heavy atom. The lowest BCUT2D eigenvalue weighted by Crippen LogP contribution is -2.77. The molecule has 2 heterocycles. The molecule has 37 heavy (non-hydrogen) atoms. The molecule has 0 spiro atoms. The molecule has 2 amide bonds. The molecule has 0 bridgehead atoms. The molecule has 18 nitrogen and oxygen atoms in total. The average Bonchev–Trinajstić information content (AvgIpc) is 2.77. The maximum absolute atomic E-state index is 13.0. The van der Waals surface area contributed by atoms with Crippen LogP contribution in [0, 0.1) is 0 Å². The normalized spacial score (nSPS) is 21.9. The van der Waals surface area contributed by atoms with Crippen molar-refractivity contribution in [3.05, 3.63) is 21.7 Å². The van der Waals surface area contributed by atoms with Crippen LogP contribution >= 0.6 is 27.0 Å². The highest BCUT2D eigenvalue weighted by Gasteiger charge is 2.69. The van der Waals surface area contributed by atoms with Gasteiger partial charge in [-0.25, -0.2) is 4.79 Å². The highest BCUT2D eigenvalue weighted by atomic mass is 32.2. The second-order valence-corrected chi connectivity index (χ2v) is 13.0. The predicted octanol–water partition coefficient (Wildman–Crippen LogP) is -0.860. The van der Waals surface area contributed by atoms with Gasteiger partial charge in [0.25, 0.3) is 11.0 Å². The number of aliphatic hydroxyl groups is 1. The second kappa shape index (κ2) is 11.1. The average molecular weight is 587 g/mol. The largest absolute Gasteiger partial charge is 0.477 e. The Kier molecular flexibility index (Phi) is 9.24. The number of ether oxygens (including phenoxy) is 1. The van der Waals surface area contributed by atoms with Gasteiger partial charge in [-0.3, -0.25) is 28.4 Å². The topological polar surface area (TPSA) is 297 Å². The summed E-state index contributed by atoms with van der Waals surface area (Å²) in [7, 11) is -11.3. The Labute approximate surface area is 212 Å². The Bertz CT molecular complexity index is 1150. The summed E-state index contributed by atoms with van der Waals surface area (Å²) < 4.78 is 27.6. The van der Waals surface area contributed by atoms with Crippen LogP contribution in [0.4, 0.5) is 0 Å². The first-order chi connectivity index (χ1) is 17.0. The third-order valence-electron chi connectivity index (χ3n) is 5.49. The van der Waals surface area contributed by atoms with Gasteiger partial charge >= 0.3 is 27.1 Å². The number of amides is 2. The molecule has 1 fully saturated rings. The minimum absolute atomic E-state index is 0.0786. The molecule has 2 atom stereocenters. The van der Waals surface area contributed by atoms with Gasteiger partial charge in [0.05, 0.1) is 0 Å². The monoisotopic (exact) mass is 587 g/mol. The Balaban J connectivity index is 2.14. The summed E-state index contributed by atoms with van der Waals surface area (Å²) in [6.45, 7) is 0.352. The van der Waals surface area contributed by atoms with Gasteiger partial charge in [0.15, 0.2) is 0 Å². The number of nitrogens with one attached hydrogen (secondary N) is 1. The van der Waals surface area contributed by atoms with Crippen molar-refractivity contribution in [1.29, 1.82) is 0 Å². The molecule has 1 unspecified atom stereocenters. The van der Waals surface area contributed by atoms with Gasteiger partial charge in [0.2, 0.25) is 11.4 Å². The van der Waals surface area contributed by atoms with Crippen LogP contribution in [0.1, 0.15) is 26.2 Å². The highest BCUT2D eigenvalue weighted by molar-refractivity contribution is 8.00. The molecule has 0 aromatic heterocycles. The van der Waals surface area contributed by atoms with E-state index in [1.165, 1.54) is 0 Å². The molecule has 0 saturated carbocycles. The molecule has 206 valence electrons. The maximum atomic E-state index is 13.0. The molecule has 2 aliphatic heterocycles. The lowest BCUT2D eigenvalue weighted by Gasteiger charge is -2.53. The number of nitrogens with zero attached hydrogens (tertiary/aromatic N) is 4. The molecule has 2 aliphatic rings. The van der Waals surface area contributed by atoms with Gasteiger partial charge in [-0.2, -0.15) is 0 Å². The first kappa shape index (κ1) is 30.8. The van der Waals surface area contributed by atoms with Gasteiger partial charge in [-0.1, -0.05) is 5.11 Å². The third kappa shape index (κ3) is 5.70. The van der Waals surface area contributed by atoms with Crippen molar-refractivity contribution in [1.82, 2.24) is 10.2 Å². The van der Waals surface area contributed by atoms with E-state index in [-0.39, 0.29) is 30.7 Å². The Hall–Kier alpha value is -2.46. The van der Waals surface area contributed by atoms with Crippen LogP contribution in [0.15, 0.2) is 16.4 Å². The zero-order valence-corrected chi connectivity index (χ0v) is 21.6. The number of hydrogen-bond acceptors (Lipinski definition) is 10. The first-order valence-electron chi connectivity index (χ1n) is 10.2. The van der Waals surface area contributed by atoms with E-state index in [1.807, 2.05) is 0 Å². The van der Waals surface area contributed by atoms with Crippen molar-refractivity contribution >= 4 is 50.7 Å². The number of β-lactam (4-membered cyclic amide) rings is 1. The fraction of sp³-hybridized carbons (Fsp3) is 0.625. The molecule has 0 aliphatic carbocycles. The molecule has 2 rings (SSSR count). The fourth-order valence-corrected chi connectivity index (χ4v) is 7.29. The van der Waals surface area contributed by atoms with Gasteiger partial charge in [-0.15, -0.1) is 11.8 Å². The van der Waals surface area contributed by atoms with Gasteiger partial charge in [0.1, 0.15) is 17.7 Å². The maximum Gasteiger partial charge on any atom is 0.369 e. The molecule has 0 aromatic carbocycles. The Morgan fingerprint density at radius 2 is 1.86 bits per heavy atom. The van der Waals surface area contributed by atoms with Crippen LogP contribution in [0.25, 0.3) is 10.4 Å². The van der Waals surface area contributed by atoms with E-state index in [1.54, 1.807) is 0 Å². The molecular weight excluding hydrogens is 564 g/mol. The zero-order chi connectivity index (χ0) is 28.4. The number of hydrogen-bond donors (Lipinski definition) is 7. The van der Waals surface area contributed by atoms with Crippen LogP contribution in [0.5, 0.6) is 0 Å². The number of thioether (sulfide) groups is 1. The van der Waals surface area contributed by atoms with Crippen LogP contribution in [0.2, 0.25) is 0 Å². The number of unbranched alkanes of at least 4 members (excludes halogenated alkanes) is 1. The summed E-state index contributed by atoms with van der Waals surface area (Å²) in [5.74, 6) is -4.59. The van der Waals surface area contributed by atoms with E-state index in [0.717, 1.165) is 23.6 Å². The summed E-state index contributed by atoms with van der Waals surface area (Å²) in [6.07, 6.45) is -1.59. The lowest BCUT2D eigenvalue weighted by atomic mass is 9.86. The van der Waals surface area contributed by atoms with Crippen molar-refractivity contribution in [2.75, 3.05) is 18.9 Å². The summed E-state index contributed by atoms with van der Waals surface area (Å²) in [5.41, 5.74) is 6.17. The van der Waals surface area contributed by atoms with E-state index in [0.29, 0.717) is 0 Å². The Morgan fingerprint density at radius 3 is 2.35 bits per heavy atom. The minimum atomic E-state index is -5.65. The van der Waals surface area contributed by atoms with E-state index < -0.39 is 73.7 Å². The molecule has 0 radical (unpaired) electrons. The van der Waals surface area contributed by atoms with Gasteiger partial charge < -0.3 is 39.8 Å². The van der Waals surface area contributed by atoms with E-state index in [2.05, 4.69) is 15.3 Å². The number of esters is 1. The van der Waals surface area contributed by atoms with Crippen molar-refractivity contribution in [2.24, 2.45) is 5.11 Å². The van der Waals surface area contributed by atoms with E-state index >= 15 is 0 Å². The van der Waals surface area contributed by atoms with Crippen molar-refractivity contribution in [3.8, 4) is 0 Å². The van der Waals surface area contributed by atoms with Crippen LogP contribution in [-0.4, -0.2) is 93.3 Å². The lowest BCUT2D eigenvalue weighted by molar-refractivity contribution is -0.160. The second-order valence-electron chi connectivity index (χ2n) is 7.91. The number of fused-ring (bicyclic) bond motifs is 1. The number of carboxylic acid groups (broad SMARTS) is 1.